The maximum absolute atomic E-state index is 13.7. The van der Waals surface area contributed by atoms with Crippen molar-refractivity contribution >= 4 is 15.9 Å². The average Bonchev–Trinajstić information content (AvgIpc) is 2.46. The summed E-state index contributed by atoms with van der Waals surface area (Å²) in [6.45, 7) is -0.00530. The summed E-state index contributed by atoms with van der Waals surface area (Å²) in [5, 5.41) is 8.93. The molecular formula is C15H14BrFO3. The van der Waals surface area contributed by atoms with Crippen molar-refractivity contribution in [2.24, 2.45) is 0 Å². The fourth-order valence-electron chi connectivity index (χ4n) is 1.78. The first kappa shape index (κ1) is 14.8. The number of benzene rings is 2. The zero-order valence-corrected chi connectivity index (χ0v) is 12.5. The quantitative estimate of drug-likeness (QED) is 0.902. The van der Waals surface area contributed by atoms with E-state index < -0.39 is 5.82 Å². The molecule has 20 heavy (non-hydrogen) atoms. The molecule has 2 rings (SSSR count). The lowest BCUT2D eigenvalue weighted by Gasteiger charge is -2.11. The van der Waals surface area contributed by atoms with Crippen molar-refractivity contribution in [1.82, 2.24) is 0 Å². The van der Waals surface area contributed by atoms with Gasteiger partial charge < -0.3 is 14.6 Å². The zero-order valence-electron chi connectivity index (χ0n) is 10.9. The number of methoxy groups -OCH3 is 1. The van der Waals surface area contributed by atoms with E-state index >= 15 is 0 Å². The molecule has 3 nitrogen and oxygen atoms in total. The second-order valence-electron chi connectivity index (χ2n) is 4.17. The molecule has 0 amide bonds. The van der Waals surface area contributed by atoms with E-state index in [-0.39, 0.29) is 19.0 Å². The van der Waals surface area contributed by atoms with Crippen LogP contribution >= 0.6 is 15.9 Å². The summed E-state index contributed by atoms with van der Waals surface area (Å²) >= 11 is 3.37. The minimum atomic E-state index is -0.495. The van der Waals surface area contributed by atoms with Crippen molar-refractivity contribution in [1.29, 1.82) is 0 Å². The van der Waals surface area contributed by atoms with Gasteiger partial charge in [0.25, 0.3) is 0 Å². The first-order valence-electron chi connectivity index (χ1n) is 5.98. The highest BCUT2D eigenvalue weighted by Crippen LogP contribution is 2.25. The van der Waals surface area contributed by atoms with Gasteiger partial charge in [-0.1, -0.05) is 22.0 Å². The lowest BCUT2D eigenvalue weighted by Crippen LogP contribution is -2.00. The Labute approximate surface area is 125 Å². The van der Waals surface area contributed by atoms with E-state index in [1.165, 1.54) is 12.1 Å². The highest BCUT2D eigenvalue weighted by molar-refractivity contribution is 9.10. The van der Waals surface area contributed by atoms with Crippen LogP contribution in [0.4, 0.5) is 4.39 Å². The van der Waals surface area contributed by atoms with Crippen molar-refractivity contribution < 1.29 is 19.0 Å². The molecule has 0 bridgehead atoms. The number of halogens is 2. The third kappa shape index (κ3) is 3.49. The summed E-state index contributed by atoms with van der Waals surface area (Å²) < 4.78 is 25.3. The smallest absolute Gasteiger partial charge is 0.165 e. The Hall–Kier alpha value is -1.59. The summed E-state index contributed by atoms with van der Waals surface area (Å²) in [6.07, 6.45) is 0. The van der Waals surface area contributed by atoms with Gasteiger partial charge in [-0.3, -0.25) is 0 Å². The van der Waals surface area contributed by atoms with Crippen LogP contribution in [0.5, 0.6) is 11.5 Å². The van der Waals surface area contributed by atoms with Gasteiger partial charge in [-0.05, 0) is 35.9 Å². The van der Waals surface area contributed by atoms with Gasteiger partial charge in [0, 0.05) is 10.0 Å². The molecule has 0 saturated heterocycles. The summed E-state index contributed by atoms with van der Waals surface area (Å²) in [6, 6.07) is 9.92. The van der Waals surface area contributed by atoms with Gasteiger partial charge in [0.1, 0.15) is 12.4 Å². The summed E-state index contributed by atoms with van der Waals surface area (Å²) in [4.78, 5) is 0. The lowest BCUT2D eigenvalue weighted by molar-refractivity contribution is 0.274. The van der Waals surface area contributed by atoms with Gasteiger partial charge in [0.2, 0.25) is 0 Å². The van der Waals surface area contributed by atoms with Crippen LogP contribution in [0.25, 0.3) is 0 Å². The number of hydrogen-bond donors (Lipinski definition) is 1. The molecule has 2 aromatic carbocycles. The molecule has 0 spiro atoms. The third-order valence-electron chi connectivity index (χ3n) is 2.80. The van der Waals surface area contributed by atoms with Gasteiger partial charge in [-0.25, -0.2) is 4.39 Å². The predicted molar refractivity (Wildman–Crippen MR) is 77.3 cm³/mol. The number of ether oxygens (including phenoxy) is 2. The number of hydrogen-bond acceptors (Lipinski definition) is 3. The molecule has 5 heteroatoms. The normalized spacial score (nSPS) is 10.4. The fourth-order valence-corrected chi connectivity index (χ4v) is 2.18. The van der Waals surface area contributed by atoms with Crippen molar-refractivity contribution in [3.05, 3.63) is 57.8 Å². The monoisotopic (exact) mass is 340 g/mol. The van der Waals surface area contributed by atoms with E-state index in [0.29, 0.717) is 11.3 Å². The van der Waals surface area contributed by atoms with Crippen LogP contribution in [-0.4, -0.2) is 12.2 Å². The SMILES string of the molecule is COc1ccc(Br)cc1COc1ccc(CO)cc1F. The molecule has 0 radical (unpaired) electrons. The second-order valence-corrected chi connectivity index (χ2v) is 5.08. The Morgan fingerprint density at radius 2 is 1.90 bits per heavy atom. The zero-order chi connectivity index (χ0) is 14.5. The summed E-state index contributed by atoms with van der Waals surface area (Å²) in [7, 11) is 1.57. The molecular weight excluding hydrogens is 327 g/mol. The molecule has 0 aliphatic rings. The lowest BCUT2D eigenvalue weighted by atomic mass is 10.2. The molecule has 0 aromatic heterocycles. The van der Waals surface area contributed by atoms with Crippen LogP contribution in [0, 0.1) is 5.82 Å². The van der Waals surface area contributed by atoms with Crippen LogP contribution < -0.4 is 9.47 Å². The predicted octanol–water partition coefficient (Wildman–Crippen LogP) is 3.67. The van der Waals surface area contributed by atoms with Crippen molar-refractivity contribution in [3.63, 3.8) is 0 Å². The Morgan fingerprint density at radius 1 is 1.15 bits per heavy atom. The standard InChI is InChI=1S/C15H14BrFO3/c1-19-14-5-3-12(16)7-11(14)9-20-15-4-2-10(8-18)6-13(15)17/h2-7,18H,8-9H2,1H3. The second kappa shape index (κ2) is 6.72. The fraction of sp³-hybridized carbons (Fsp3) is 0.200. The average molecular weight is 341 g/mol. The van der Waals surface area contributed by atoms with Crippen LogP contribution in [0.2, 0.25) is 0 Å². The van der Waals surface area contributed by atoms with Gasteiger partial charge in [0.05, 0.1) is 13.7 Å². The minimum absolute atomic E-state index is 0.143. The first-order chi connectivity index (χ1) is 9.63. The van der Waals surface area contributed by atoms with E-state index in [2.05, 4.69) is 15.9 Å². The number of aliphatic hydroxyl groups excluding tert-OH is 1. The summed E-state index contributed by atoms with van der Waals surface area (Å²) in [5.74, 6) is 0.329. The molecule has 0 aliphatic carbocycles. The summed E-state index contributed by atoms with van der Waals surface area (Å²) in [5.41, 5.74) is 1.32. The van der Waals surface area contributed by atoms with E-state index in [0.717, 1.165) is 10.0 Å². The van der Waals surface area contributed by atoms with Gasteiger partial charge in [-0.15, -0.1) is 0 Å². The minimum Gasteiger partial charge on any atom is -0.496 e. The van der Waals surface area contributed by atoms with Gasteiger partial charge >= 0.3 is 0 Å². The Kier molecular flexibility index (Phi) is 4.98. The van der Waals surface area contributed by atoms with Crippen LogP contribution in [0.3, 0.4) is 0 Å². The van der Waals surface area contributed by atoms with Gasteiger partial charge in [0.15, 0.2) is 11.6 Å². The molecule has 0 saturated carbocycles. The van der Waals surface area contributed by atoms with E-state index in [1.54, 1.807) is 13.2 Å². The Bertz CT molecular complexity index is 602. The first-order valence-corrected chi connectivity index (χ1v) is 6.78. The van der Waals surface area contributed by atoms with E-state index in [1.807, 2.05) is 18.2 Å². The van der Waals surface area contributed by atoms with Crippen molar-refractivity contribution in [2.45, 2.75) is 13.2 Å². The van der Waals surface area contributed by atoms with E-state index in [9.17, 15) is 4.39 Å². The number of aliphatic hydroxyl groups is 1. The third-order valence-corrected chi connectivity index (χ3v) is 3.30. The molecule has 0 heterocycles. The Morgan fingerprint density at radius 3 is 2.55 bits per heavy atom. The topological polar surface area (TPSA) is 38.7 Å². The van der Waals surface area contributed by atoms with E-state index in [4.69, 9.17) is 14.6 Å². The maximum Gasteiger partial charge on any atom is 0.165 e. The molecule has 2 aromatic rings. The Balaban J connectivity index is 2.14. The molecule has 0 aliphatic heterocycles. The van der Waals surface area contributed by atoms with Crippen LogP contribution in [0.15, 0.2) is 40.9 Å². The molecule has 0 atom stereocenters. The molecule has 1 N–H and O–H groups in total. The van der Waals surface area contributed by atoms with Gasteiger partial charge in [-0.2, -0.15) is 0 Å². The molecule has 0 unspecified atom stereocenters. The van der Waals surface area contributed by atoms with Crippen LogP contribution in [-0.2, 0) is 13.2 Å². The van der Waals surface area contributed by atoms with Crippen LogP contribution in [0.1, 0.15) is 11.1 Å². The van der Waals surface area contributed by atoms with Crippen molar-refractivity contribution in [2.75, 3.05) is 7.11 Å². The van der Waals surface area contributed by atoms with Crippen molar-refractivity contribution in [3.8, 4) is 11.5 Å². The highest BCUT2D eigenvalue weighted by atomic mass is 79.9. The molecule has 106 valence electrons. The molecule has 0 fully saturated rings. The largest absolute Gasteiger partial charge is 0.496 e. The number of rotatable bonds is 5. The maximum atomic E-state index is 13.7. The highest BCUT2D eigenvalue weighted by Gasteiger charge is 2.08.